The van der Waals surface area contributed by atoms with Gasteiger partial charge in [-0.15, -0.1) is 0 Å². The van der Waals surface area contributed by atoms with Crippen molar-refractivity contribution in [1.82, 2.24) is 20.5 Å². The van der Waals surface area contributed by atoms with Crippen LogP contribution in [-0.4, -0.2) is 28.2 Å². The van der Waals surface area contributed by atoms with E-state index in [4.69, 9.17) is 16.3 Å². The molecule has 1 atom stereocenters. The van der Waals surface area contributed by atoms with E-state index in [0.29, 0.717) is 22.4 Å². The van der Waals surface area contributed by atoms with Gasteiger partial charge in [-0.2, -0.15) is 5.10 Å². The number of ether oxygens (including phenoxy) is 1. The monoisotopic (exact) mass is 348 g/mol. The molecule has 0 saturated carbocycles. The number of H-pyrrole nitrogens is 1. The number of nitrogens with one attached hydrogen (secondary N) is 2. The van der Waals surface area contributed by atoms with Crippen LogP contribution in [0.15, 0.2) is 24.3 Å². The number of aromatic nitrogens is 3. The van der Waals surface area contributed by atoms with Crippen molar-refractivity contribution in [2.24, 2.45) is 5.92 Å². The standard InChI is InChI=1S/C17H21ClN4O2/c1-10(2)16(17-19-11(3)21-22-17)20-15(23)8-5-12-9-13(18)6-7-14(12)24-4/h5-10,16H,1-4H3,(H,20,23)(H,19,21,22)/b8-5+. The van der Waals surface area contributed by atoms with Gasteiger partial charge in [0.1, 0.15) is 11.6 Å². The number of amides is 1. The van der Waals surface area contributed by atoms with Gasteiger partial charge in [0.05, 0.1) is 13.2 Å². The fraction of sp³-hybridized carbons (Fsp3) is 0.353. The molecule has 0 aliphatic rings. The largest absolute Gasteiger partial charge is 0.496 e. The molecule has 1 amide bonds. The number of aryl methyl sites for hydroxylation is 1. The fourth-order valence-corrected chi connectivity index (χ4v) is 2.41. The van der Waals surface area contributed by atoms with Gasteiger partial charge in [-0.1, -0.05) is 25.4 Å². The van der Waals surface area contributed by atoms with Crippen LogP contribution in [0.4, 0.5) is 0 Å². The lowest BCUT2D eigenvalue weighted by Gasteiger charge is -2.18. The zero-order valence-electron chi connectivity index (χ0n) is 14.1. The number of methoxy groups -OCH3 is 1. The van der Waals surface area contributed by atoms with Crippen molar-refractivity contribution in [3.05, 3.63) is 46.5 Å². The summed E-state index contributed by atoms with van der Waals surface area (Å²) in [6.45, 7) is 5.82. The first-order chi connectivity index (χ1) is 11.4. The third kappa shape index (κ3) is 4.58. The topological polar surface area (TPSA) is 79.9 Å². The Bertz CT molecular complexity index is 740. The molecule has 1 aromatic carbocycles. The summed E-state index contributed by atoms with van der Waals surface area (Å²) < 4.78 is 5.26. The summed E-state index contributed by atoms with van der Waals surface area (Å²) in [6.07, 6.45) is 3.11. The van der Waals surface area contributed by atoms with Crippen LogP contribution in [-0.2, 0) is 4.79 Å². The number of carbonyl (C=O) groups excluding carboxylic acids is 1. The Morgan fingerprint density at radius 3 is 2.75 bits per heavy atom. The average Bonchev–Trinajstić information content (AvgIpc) is 2.96. The van der Waals surface area contributed by atoms with Crippen molar-refractivity contribution in [2.75, 3.05) is 7.11 Å². The lowest BCUT2D eigenvalue weighted by Crippen LogP contribution is -2.31. The van der Waals surface area contributed by atoms with E-state index in [1.165, 1.54) is 6.08 Å². The maximum atomic E-state index is 12.3. The van der Waals surface area contributed by atoms with E-state index in [2.05, 4.69) is 20.5 Å². The van der Waals surface area contributed by atoms with Gasteiger partial charge in [0.15, 0.2) is 5.82 Å². The van der Waals surface area contributed by atoms with E-state index in [9.17, 15) is 4.79 Å². The minimum absolute atomic E-state index is 0.151. The Morgan fingerprint density at radius 2 is 2.17 bits per heavy atom. The first kappa shape index (κ1) is 18.0. The van der Waals surface area contributed by atoms with E-state index in [1.807, 2.05) is 20.8 Å². The highest BCUT2D eigenvalue weighted by molar-refractivity contribution is 6.30. The van der Waals surface area contributed by atoms with Crippen molar-refractivity contribution in [3.63, 3.8) is 0 Å². The lowest BCUT2D eigenvalue weighted by molar-refractivity contribution is -0.117. The van der Waals surface area contributed by atoms with Gasteiger partial charge in [0.25, 0.3) is 0 Å². The average molecular weight is 349 g/mol. The SMILES string of the molecule is COc1ccc(Cl)cc1/C=C/C(=O)NC(c1n[nH]c(C)n1)C(C)C. The van der Waals surface area contributed by atoms with Crippen LogP contribution >= 0.6 is 11.6 Å². The highest BCUT2D eigenvalue weighted by Gasteiger charge is 2.21. The summed E-state index contributed by atoms with van der Waals surface area (Å²) in [6, 6.07) is 4.96. The number of benzene rings is 1. The Hall–Kier alpha value is -2.34. The fourth-order valence-electron chi connectivity index (χ4n) is 2.23. The Balaban J connectivity index is 2.12. The molecule has 2 aromatic rings. The summed E-state index contributed by atoms with van der Waals surface area (Å²) in [4.78, 5) is 16.6. The maximum absolute atomic E-state index is 12.3. The molecule has 6 nitrogen and oxygen atoms in total. The first-order valence-electron chi connectivity index (χ1n) is 7.61. The summed E-state index contributed by atoms with van der Waals surface area (Å²) in [5, 5.41) is 10.4. The van der Waals surface area contributed by atoms with Crippen molar-refractivity contribution in [2.45, 2.75) is 26.8 Å². The Kier molecular flexibility index (Phi) is 5.98. The van der Waals surface area contributed by atoms with Crippen molar-refractivity contribution in [3.8, 4) is 5.75 Å². The minimum Gasteiger partial charge on any atom is -0.496 e. The number of aromatic amines is 1. The third-order valence-corrected chi connectivity index (χ3v) is 3.70. The van der Waals surface area contributed by atoms with Crippen LogP contribution in [0.25, 0.3) is 6.08 Å². The lowest BCUT2D eigenvalue weighted by atomic mass is 10.0. The van der Waals surface area contributed by atoms with Crippen molar-refractivity contribution < 1.29 is 9.53 Å². The molecule has 1 aromatic heterocycles. The molecule has 0 spiro atoms. The second kappa shape index (κ2) is 7.97. The second-order valence-electron chi connectivity index (χ2n) is 5.73. The highest BCUT2D eigenvalue weighted by atomic mass is 35.5. The molecule has 1 heterocycles. The number of hydrogen-bond acceptors (Lipinski definition) is 4. The van der Waals surface area contributed by atoms with E-state index < -0.39 is 0 Å². The quantitative estimate of drug-likeness (QED) is 0.785. The molecule has 1 unspecified atom stereocenters. The van der Waals surface area contributed by atoms with Gasteiger partial charge in [0.2, 0.25) is 5.91 Å². The van der Waals surface area contributed by atoms with Crippen LogP contribution in [0.3, 0.4) is 0 Å². The van der Waals surface area contributed by atoms with Gasteiger partial charge >= 0.3 is 0 Å². The van der Waals surface area contributed by atoms with Crippen LogP contribution in [0.1, 0.15) is 37.1 Å². The van der Waals surface area contributed by atoms with Crippen LogP contribution < -0.4 is 10.1 Å². The predicted molar refractivity (Wildman–Crippen MR) is 93.9 cm³/mol. The van der Waals surface area contributed by atoms with Gasteiger partial charge in [-0.25, -0.2) is 4.98 Å². The Morgan fingerprint density at radius 1 is 1.42 bits per heavy atom. The number of carbonyl (C=O) groups is 1. The molecule has 2 N–H and O–H groups in total. The first-order valence-corrected chi connectivity index (χ1v) is 7.99. The summed E-state index contributed by atoms with van der Waals surface area (Å²) in [5.74, 6) is 1.85. The molecule has 7 heteroatoms. The molecular weight excluding hydrogens is 328 g/mol. The second-order valence-corrected chi connectivity index (χ2v) is 6.17. The zero-order chi connectivity index (χ0) is 17.7. The van der Waals surface area contributed by atoms with Crippen LogP contribution in [0, 0.1) is 12.8 Å². The predicted octanol–water partition coefficient (Wildman–Crippen LogP) is 3.30. The number of hydrogen-bond donors (Lipinski definition) is 2. The number of nitrogens with zero attached hydrogens (tertiary/aromatic N) is 2. The molecule has 128 valence electrons. The molecule has 0 aliphatic heterocycles. The smallest absolute Gasteiger partial charge is 0.244 e. The number of rotatable bonds is 6. The van der Waals surface area contributed by atoms with Crippen molar-refractivity contribution in [1.29, 1.82) is 0 Å². The molecule has 0 saturated heterocycles. The van der Waals surface area contributed by atoms with Crippen molar-refractivity contribution >= 4 is 23.6 Å². The van der Waals surface area contributed by atoms with Gasteiger partial charge < -0.3 is 10.1 Å². The summed E-state index contributed by atoms with van der Waals surface area (Å²) >= 11 is 5.99. The highest BCUT2D eigenvalue weighted by Crippen LogP contribution is 2.24. The van der Waals surface area contributed by atoms with Gasteiger partial charge in [-0.3, -0.25) is 9.89 Å². The molecule has 2 rings (SSSR count). The molecule has 0 aliphatic carbocycles. The van der Waals surface area contributed by atoms with E-state index >= 15 is 0 Å². The molecule has 0 bridgehead atoms. The Labute approximate surface area is 146 Å². The summed E-state index contributed by atoms with van der Waals surface area (Å²) in [5.41, 5.74) is 0.731. The minimum atomic E-state index is -0.270. The molecule has 24 heavy (non-hydrogen) atoms. The van der Waals surface area contributed by atoms with Gasteiger partial charge in [-0.05, 0) is 37.1 Å². The normalized spacial score (nSPS) is 12.6. The maximum Gasteiger partial charge on any atom is 0.244 e. The molecular formula is C17H21ClN4O2. The van der Waals surface area contributed by atoms with Crippen LogP contribution in [0.5, 0.6) is 5.75 Å². The van der Waals surface area contributed by atoms with Gasteiger partial charge in [0, 0.05) is 16.7 Å². The third-order valence-electron chi connectivity index (χ3n) is 3.46. The van der Waals surface area contributed by atoms with Crippen LogP contribution in [0.2, 0.25) is 5.02 Å². The van der Waals surface area contributed by atoms with E-state index in [0.717, 1.165) is 5.56 Å². The van der Waals surface area contributed by atoms with E-state index in [-0.39, 0.29) is 17.9 Å². The zero-order valence-corrected chi connectivity index (χ0v) is 14.9. The van der Waals surface area contributed by atoms with E-state index in [1.54, 1.807) is 31.4 Å². The molecule has 0 radical (unpaired) electrons. The number of halogens is 1. The summed E-state index contributed by atoms with van der Waals surface area (Å²) in [7, 11) is 1.57. The molecule has 0 fully saturated rings.